The second-order valence-corrected chi connectivity index (χ2v) is 20.5. The molecule has 6 saturated carbocycles. The van der Waals surface area contributed by atoms with Crippen LogP contribution < -0.4 is 16.2 Å². The Morgan fingerprint density at radius 3 is 1.38 bits per heavy atom. The summed E-state index contributed by atoms with van der Waals surface area (Å²) in [5.41, 5.74) is 8.97. The Bertz CT molecular complexity index is 2350. The van der Waals surface area contributed by atoms with Gasteiger partial charge in [-0.1, -0.05) is 34.8 Å². The summed E-state index contributed by atoms with van der Waals surface area (Å²) < 4.78 is 158. The maximum atomic E-state index is 13.5. The number of nitrogen functional groups attached to an aromatic ring is 2. The quantitative estimate of drug-likeness (QED) is 0.0866. The van der Waals surface area contributed by atoms with Crippen LogP contribution in [0.2, 0.25) is 0 Å². The Kier molecular flexibility index (Phi) is 14.7. The van der Waals surface area contributed by atoms with Crippen molar-refractivity contribution in [1.82, 2.24) is 38.9 Å². The number of imidazole rings is 2. The number of methoxy groups -OCH3 is 1. The molecule has 2 saturated heterocycles. The predicted molar refractivity (Wildman–Crippen MR) is 226 cm³/mol. The molecule has 2 aliphatic heterocycles. The van der Waals surface area contributed by atoms with Crippen LogP contribution in [0.4, 0.5) is 55.5 Å². The SMILES string of the molecule is COc1nc(-c2cnc(N)c(C(F)(F)F)c2)cn1C12CC(N3CCC(F)(F)CC3)(C1)C2.ClC(Cl)Cl.Nc1ncc(-c2cn(C34CC(N5CCC(F)(F)CC5)(C3)C4)c(CO)n2)cc1C(F)(F)F.[O]=[Mn]=[O]. The minimum absolute atomic E-state index is 0.0713. The number of halogens is 13. The van der Waals surface area contributed by atoms with Crippen molar-refractivity contribution in [3.63, 3.8) is 0 Å². The molecular formula is C41H45Cl3F10MnN10O4. The molecule has 14 nitrogen and oxygen atoms in total. The predicted octanol–water partition coefficient (Wildman–Crippen LogP) is 9.06. The molecule has 28 heteroatoms. The number of aromatic nitrogens is 6. The second-order valence-electron chi connectivity index (χ2n) is 18.3. The number of alkyl halides is 13. The fraction of sp³-hybridized carbons (Fsp3) is 0.610. The van der Waals surface area contributed by atoms with Gasteiger partial charge in [0.1, 0.15) is 24.1 Å². The Morgan fingerprint density at radius 1 is 0.681 bits per heavy atom. The number of likely N-dealkylation sites (tertiary alicyclic amines) is 2. The summed E-state index contributed by atoms with van der Waals surface area (Å²) >= 11 is 13.0. The molecule has 6 aliphatic carbocycles. The number of nitrogens with two attached hydrogens (primary N) is 2. The molecule has 0 atom stereocenters. The number of aliphatic hydroxyl groups excluding tert-OH is 1. The van der Waals surface area contributed by atoms with Gasteiger partial charge < -0.3 is 25.9 Å². The first kappa shape index (κ1) is 53.1. The number of anilines is 2. The van der Waals surface area contributed by atoms with Crippen molar-refractivity contribution in [3.05, 3.63) is 53.9 Å². The van der Waals surface area contributed by atoms with Crippen molar-refractivity contribution in [2.24, 2.45) is 0 Å². The molecule has 0 spiro atoms. The van der Waals surface area contributed by atoms with Gasteiger partial charge in [-0.25, -0.2) is 32.5 Å². The zero-order valence-corrected chi connectivity index (χ0v) is 39.8. The van der Waals surface area contributed by atoms with E-state index in [9.17, 15) is 49.0 Å². The van der Waals surface area contributed by atoms with E-state index >= 15 is 0 Å². The van der Waals surface area contributed by atoms with Crippen LogP contribution in [0, 0.1) is 0 Å². The topological polar surface area (TPSA) is 184 Å². The van der Waals surface area contributed by atoms with Gasteiger partial charge in [-0.05, 0) is 50.7 Å². The first-order valence-corrected chi connectivity index (χ1v) is 23.4. The molecule has 8 fully saturated rings. The van der Waals surface area contributed by atoms with E-state index in [4.69, 9.17) is 58.7 Å². The summed E-state index contributed by atoms with van der Waals surface area (Å²) in [6.07, 6.45) is 0.657. The van der Waals surface area contributed by atoms with Gasteiger partial charge in [0.05, 0.1) is 40.7 Å². The van der Waals surface area contributed by atoms with E-state index in [1.807, 2.05) is 9.13 Å². The van der Waals surface area contributed by atoms with Crippen LogP contribution >= 0.6 is 34.8 Å². The summed E-state index contributed by atoms with van der Waals surface area (Å²) in [6, 6.07) is 2.15. The number of rotatable bonds is 8. The van der Waals surface area contributed by atoms with Gasteiger partial charge in [0.2, 0.25) is 0 Å². The van der Waals surface area contributed by atoms with Crippen molar-refractivity contribution in [3.8, 4) is 28.5 Å². The van der Waals surface area contributed by atoms with Gasteiger partial charge in [-0.3, -0.25) is 14.4 Å². The van der Waals surface area contributed by atoms with Gasteiger partial charge in [-0.2, -0.15) is 31.3 Å². The van der Waals surface area contributed by atoms with Crippen LogP contribution in [0.3, 0.4) is 0 Å². The monoisotopic (exact) mass is 1090 g/mol. The van der Waals surface area contributed by atoms with Crippen LogP contribution in [-0.4, -0.2) is 104 Å². The normalized spacial score (nSPS) is 27.6. The third-order valence-electron chi connectivity index (χ3n) is 14.1. The molecule has 0 unspecified atom stereocenters. The van der Waals surface area contributed by atoms with E-state index in [0.29, 0.717) is 43.7 Å². The van der Waals surface area contributed by atoms with Crippen molar-refractivity contribution in [2.75, 3.05) is 44.8 Å². The number of aliphatic hydroxyl groups is 1. The molecule has 0 radical (unpaired) electrons. The van der Waals surface area contributed by atoms with Crippen molar-refractivity contribution < 1.29 is 76.2 Å². The van der Waals surface area contributed by atoms with Crippen LogP contribution in [0.1, 0.15) is 81.2 Å². The Morgan fingerprint density at radius 2 is 1.03 bits per heavy atom. The molecule has 5 N–H and O–H groups in total. The average molecular weight is 1090 g/mol. The number of piperidine rings is 2. The average Bonchev–Trinajstić information content (AvgIpc) is 3.82. The van der Waals surface area contributed by atoms with E-state index in [1.54, 1.807) is 12.4 Å². The summed E-state index contributed by atoms with van der Waals surface area (Å²) in [6.45, 7) is 1.13. The fourth-order valence-corrected chi connectivity index (χ4v) is 10.9. The van der Waals surface area contributed by atoms with Crippen LogP contribution in [0.5, 0.6) is 6.01 Å². The molecule has 0 aromatic carbocycles. The summed E-state index contributed by atoms with van der Waals surface area (Å²) in [5, 5.41) is 9.78. The first-order chi connectivity index (χ1) is 32.1. The second kappa shape index (κ2) is 19.0. The van der Waals surface area contributed by atoms with Gasteiger partial charge in [0.15, 0.2) is 4.30 Å². The number of ether oxygens (including phenoxy) is 1. The third kappa shape index (κ3) is 10.5. The Labute approximate surface area is 408 Å². The van der Waals surface area contributed by atoms with Crippen LogP contribution in [0.15, 0.2) is 36.9 Å². The standard InChI is InChI=1S/2C20H22F5N5O.CHCl3.Mn.2O/c1-31-16-28-14(12-6-13(20(23,24)25)15(26)27-7-12)8-30(16)18-9-17(10-18,11-18)29-4-2-19(21,22)3-5-29;21-19(22)1-3-29(4-2-19)17-9-18(10-17,11-17)30-7-14(28-15(30)8-31)12-5-13(20(23,24)25)16(26)27-6-12;2-1(3)4;;;/h6-8H,2-5,9-11H2,1H3,(H2,26,27);5-7,31H,1-4,8-11H2,(H2,26,27);1H;;;. The molecule has 8 aliphatic rings. The number of pyridine rings is 2. The number of hydrogen-bond acceptors (Lipinski definition) is 12. The number of nitrogens with zero attached hydrogens (tertiary/aromatic N) is 8. The molecule has 381 valence electrons. The zero-order valence-electron chi connectivity index (χ0n) is 36.3. The van der Waals surface area contributed by atoms with E-state index in [1.165, 1.54) is 19.5 Å². The minimum atomic E-state index is -4.64. The first-order valence-electron chi connectivity index (χ1n) is 21.2. The summed E-state index contributed by atoms with van der Waals surface area (Å²) in [7, 11) is 1.46. The molecular weight excluding hydrogens is 1050 g/mol. The van der Waals surface area contributed by atoms with Gasteiger partial charge in [-0.15, -0.1) is 0 Å². The zero-order chi connectivity index (χ0) is 50.8. The molecule has 4 aromatic rings. The Hall–Kier alpha value is -3.71. The molecule has 69 heavy (non-hydrogen) atoms. The summed E-state index contributed by atoms with van der Waals surface area (Å²) in [5.74, 6) is -6.01. The fourth-order valence-electron chi connectivity index (χ4n) is 10.9. The van der Waals surface area contributed by atoms with E-state index in [-0.39, 0.29) is 71.3 Å². The summed E-state index contributed by atoms with van der Waals surface area (Å²) in [4.78, 5) is 20.3. The van der Waals surface area contributed by atoms with Crippen LogP contribution in [-0.2, 0) is 52.5 Å². The molecule has 0 amide bonds. The van der Waals surface area contributed by atoms with Crippen molar-refractivity contribution in [2.45, 2.75) is 121 Å². The molecule has 12 rings (SSSR count). The van der Waals surface area contributed by atoms with Crippen molar-refractivity contribution >= 4 is 46.4 Å². The van der Waals surface area contributed by atoms with Crippen LogP contribution in [0.25, 0.3) is 22.5 Å². The molecule has 4 bridgehead atoms. The third-order valence-corrected chi connectivity index (χ3v) is 14.1. The Balaban J connectivity index is 0.000000180. The van der Waals surface area contributed by atoms with Gasteiger partial charge in [0.25, 0.3) is 17.9 Å². The number of hydrogen-bond donors (Lipinski definition) is 3. The van der Waals surface area contributed by atoms with Gasteiger partial charge >= 0.3 is 34.8 Å². The van der Waals surface area contributed by atoms with Crippen molar-refractivity contribution in [1.29, 1.82) is 0 Å². The maximum absolute atomic E-state index is 13.5. The van der Waals surface area contributed by atoms with E-state index < -0.39 is 66.1 Å². The van der Waals surface area contributed by atoms with E-state index in [0.717, 1.165) is 50.7 Å². The van der Waals surface area contributed by atoms with Gasteiger partial charge in [0, 0.05) is 98.9 Å². The molecule has 4 aromatic heterocycles. The van der Waals surface area contributed by atoms with E-state index in [2.05, 4.69) is 29.7 Å². The molecule has 6 heterocycles.